The Balaban J connectivity index is 0.000000771. The van der Waals surface area contributed by atoms with Crippen molar-refractivity contribution in [2.45, 2.75) is 20.3 Å². The molecule has 0 amide bonds. The van der Waals surface area contributed by atoms with Crippen LogP contribution in [0.1, 0.15) is 25.8 Å². The van der Waals surface area contributed by atoms with Crippen LogP contribution in [-0.4, -0.2) is 4.57 Å². The molecule has 0 aliphatic heterocycles. The van der Waals surface area contributed by atoms with Crippen LogP contribution in [-0.2, 0) is 0 Å². The third-order valence-electron chi connectivity index (χ3n) is 2.23. The summed E-state index contributed by atoms with van der Waals surface area (Å²) in [6.07, 6.45) is -1.25. The van der Waals surface area contributed by atoms with Gasteiger partial charge in [-0.25, -0.2) is 8.78 Å². The second-order valence-electron chi connectivity index (χ2n) is 3.30. The SMILES string of the molecule is CC.O=c1cc(C(F)F)ccn1-c1ccccc1. The van der Waals surface area contributed by atoms with Crippen LogP contribution in [0.4, 0.5) is 8.78 Å². The van der Waals surface area contributed by atoms with Crippen LogP contribution in [0.3, 0.4) is 0 Å². The van der Waals surface area contributed by atoms with E-state index < -0.39 is 12.0 Å². The Labute approximate surface area is 105 Å². The molecular weight excluding hydrogens is 236 g/mol. The lowest BCUT2D eigenvalue weighted by Crippen LogP contribution is -2.17. The second kappa shape index (κ2) is 6.69. The number of para-hydroxylation sites is 1. The molecule has 1 aromatic carbocycles. The number of aromatic nitrogens is 1. The molecule has 0 radical (unpaired) electrons. The Bertz CT molecular complexity index is 535. The molecule has 0 saturated heterocycles. The number of pyridine rings is 1. The summed E-state index contributed by atoms with van der Waals surface area (Å²) in [5, 5.41) is 0. The fourth-order valence-electron chi connectivity index (χ4n) is 1.43. The van der Waals surface area contributed by atoms with Crippen molar-refractivity contribution in [1.82, 2.24) is 4.57 Å². The average molecular weight is 251 g/mol. The molecule has 0 bridgehead atoms. The van der Waals surface area contributed by atoms with Crippen LogP contribution in [0, 0.1) is 0 Å². The molecule has 0 spiro atoms. The maximum atomic E-state index is 12.3. The highest BCUT2D eigenvalue weighted by Gasteiger charge is 2.08. The number of hydrogen-bond acceptors (Lipinski definition) is 1. The lowest BCUT2D eigenvalue weighted by molar-refractivity contribution is 0.151. The van der Waals surface area contributed by atoms with E-state index >= 15 is 0 Å². The second-order valence-corrected chi connectivity index (χ2v) is 3.30. The van der Waals surface area contributed by atoms with Crippen LogP contribution in [0.2, 0.25) is 0 Å². The van der Waals surface area contributed by atoms with Gasteiger partial charge in [0.15, 0.2) is 0 Å². The largest absolute Gasteiger partial charge is 0.284 e. The van der Waals surface area contributed by atoms with E-state index in [1.54, 1.807) is 24.3 Å². The molecule has 4 heteroatoms. The van der Waals surface area contributed by atoms with Gasteiger partial charge in [-0.05, 0) is 18.2 Å². The Hall–Kier alpha value is -1.97. The zero-order valence-corrected chi connectivity index (χ0v) is 10.3. The standard InChI is InChI=1S/C12H9F2NO.C2H6/c13-12(14)9-6-7-15(11(16)8-9)10-4-2-1-3-5-10;1-2/h1-8,12H;1-2H3. The van der Waals surface area contributed by atoms with Gasteiger partial charge in [0, 0.05) is 23.5 Å². The molecule has 18 heavy (non-hydrogen) atoms. The van der Waals surface area contributed by atoms with E-state index in [-0.39, 0.29) is 5.56 Å². The van der Waals surface area contributed by atoms with Crippen molar-refractivity contribution in [1.29, 1.82) is 0 Å². The maximum absolute atomic E-state index is 12.3. The van der Waals surface area contributed by atoms with E-state index in [9.17, 15) is 13.6 Å². The fraction of sp³-hybridized carbons (Fsp3) is 0.214. The first-order valence-corrected chi connectivity index (χ1v) is 5.74. The molecule has 2 aromatic rings. The topological polar surface area (TPSA) is 22.0 Å². The van der Waals surface area contributed by atoms with E-state index in [0.717, 1.165) is 6.07 Å². The molecule has 2 rings (SSSR count). The summed E-state index contributed by atoms with van der Waals surface area (Å²) in [6.45, 7) is 4.00. The predicted molar refractivity (Wildman–Crippen MR) is 68.3 cm³/mol. The Morgan fingerprint density at radius 3 is 2.17 bits per heavy atom. The highest BCUT2D eigenvalue weighted by Crippen LogP contribution is 2.16. The minimum atomic E-state index is -2.61. The summed E-state index contributed by atoms with van der Waals surface area (Å²) in [5.74, 6) is 0. The zero-order valence-electron chi connectivity index (χ0n) is 10.3. The Morgan fingerprint density at radius 1 is 1.06 bits per heavy atom. The fourth-order valence-corrected chi connectivity index (χ4v) is 1.43. The molecular formula is C14H15F2NO. The van der Waals surface area contributed by atoms with Crippen LogP contribution < -0.4 is 5.56 Å². The van der Waals surface area contributed by atoms with Gasteiger partial charge in [-0.15, -0.1) is 0 Å². The third-order valence-corrected chi connectivity index (χ3v) is 2.23. The minimum absolute atomic E-state index is 0.253. The summed E-state index contributed by atoms with van der Waals surface area (Å²) >= 11 is 0. The molecule has 0 unspecified atom stereocenters. The van der Waals surface area contributed by atoms with Crippen molar-refractivity contribution in [2.75, 3.05) is 0 Å². The molecule has 0 fully saturated rings. The monoisotopic (exact) mass is 251 g/mol. The van der Waals surface area contributed by atoms with Crippen molar-refractivity contribution < 1.29 is 8.78 Å². The molecule has 0 N–H and O–H groups in total. The van der Waals surface area contributed by atoms with Crippen molar-refractivity contribution in [3.05, 3.63) is 64.6 Å². The highest BCUT2D eigenvalue weighted by molar-refractivity contribution is 5.32. The normalized spacial score (nSPS) is 9.83. The van der Waals surface area contributed by atoms with Gasteiger partial charge in [-0.1, -0.05) is 32.0 Å². The summed E-state index contributed by atoms with van der Waals surface area (Å²) in [7, 11) is 0. The van der Waals surface area contributed by atoms with Gasteiger partial charge in [0.2, 0.25) is 0 Å². The molecule has 96 valence electrons. The van der Waals surface area contributed by atoms with Gasteiger partial charge in [0.05, 0.1) is 0 Å². The number of halogens is 2. The van der Waals surface area contributed by atoms with Crippen LogP contribution in [0.25, 0.3) is 5.69 Å². The molecule has 0 aliphatic rings. The van der Waals surface area contributed by atoms with E-state index in [1.165, 1.54) is 16.8 Å². The molecule has 0 aliphatic carbocycles. The quantitative estimate of drug-likeness (QED) is 0.795. The minimum Gasteiger partial charge on any atom is -0.284 e. The molecule has 0 saturated carbocycles. The van der Waals surface area contributed by atoms with Gasteiger partial charge < -0.3 is 0 Å². The maximum Gasteiger partial charge on any atom is 0.264 e. The van der Waals surface area contributed by atoms with E-state index in [4.69, 9.17) is 0 Å². The lowest BCUT2D eigenvalue weighted by atomic mass is 10.2. The molecule has 0 atom stereocenters. The third kappa shape index (κ3) is 3.26. The van der Waals surface area contributed by atoms with Crippen molar-refractivity contribution in [2.24, 2.45) is 0 Å². The van der Waals surface area contributed by atoms with Gasteiger partial charge in [-0.2, -0.15) is 0 Å². The summed E-state index contributed by atoms with van der Waals surface area (Å²) in [4.78, 5) is 11.6. The van der Waals surface area contributed by atoms with Crippen molar-refractivity contribution >= 4 is 0 Å². The van der Waals surface area contributed by atoms with E-state index in [0.29, 0.717) is 5.69 Å². The van der Waals surface area contributed by atoms with Crippen molar-refractivity contribution in [3.63, 3.8) is 0 Å². The smallest absolute Gasteiger partial charge is 0.264 e. The van der Waals surface area contributed by atoms with Crippen LogP contribution in [0.15, 0.2) is 53.5 Å². The molecule has 2 nitrogen and oxygen atoms in total. The van der Waals surface area contributed by atoms with Crippen molar-refractivity contribution in [3.8, 4) is 5.69 Å². The predicted octanol–water partition coefficient (Wildman–Crippen LogP) is 3.80. The number of alkyl halides is 2. The number of rotatable bonds is 2. The summed E-state index contributed by atoms with van der Waals surface area (Å²) < 4.78 is 26.0. The first-order valence-electron chi connectivity index (χ1n) is 5.74. The van der Waals surface area contributed by atoms with E-state index in [2.05, 4.69) is 0 Å². The van der Waals surface area contributed by atoms with E-state index in [1.807, 2.05) is 19.9 Å². The first kappa shape index (κ1) is 14.1. The zero-order chi connectivity index (χ0) is 13.5. The Morgan fingerprint density at radius 2 is 1.67 bits per heavy atom. The van der Waals surface area contributed by atoms with Crippen LogP contribution in [0.5, 0.6) is 0 Å². The summed E-state index contributed by atoms with van der Waals surface area (Å²) in [6, 6.07) is 11.1. The van der Waals surface area contributed by atoms with Gasteiger partial charge in [-0.3, -0.25) is 9.36 Å². The first-order chi connectivity index (χ1) is 8.68. The highest BCUT2D eigenvalue weighted by atomic mass is 19.3. The average Bonchev–Trinajstić information content (AvgIpc) is 2.42. The molecule has 1 heterocycles. The Kier molecular flexibility index (Phi) is 5.24. The number of nitrogens with zero attached hydrogens (tertiary/aromatic N) is 1. The summed E-state index contributed by atoms with van der Waals surface area (Å²) in [5.41, 5.74) is -0.0468. The van der Waals surface area contributed by atoms with Gasteiger partial charge in [0.1, 0.15) is 0 Å². The number of hydrogen-bond donors (Lipinski definition) is 0. The number of benzene rings is 1. The lowest BCUT2D eigenvalue weighted by Gasteiger charge is -2.06. The van der Waals surface area contributed by atoms with Gasteiger partial charge in [0.25, 0.3) is 12.0 Å². The van der Waals surface area contributed by atoms with Crippen LogP contribution >= 0.6 is 0 Å². The molecule has 1 aromatic heterocycles. The van der Waals surface area contributed by atoms with Gasteiger partial charge >= 0.3 is 0 Å².